The first kappa shape index (κ1) is 23.3. The van der Waals surface area contributed by atoms with Crippen molar-refractivity contribution in [2.45, 2.75) is 25.2 Å². The van der Waals surface area contributed by atoms with Gasteiger partial charge in [-0.3, -0.25) is 10.1 Å². The summed E-state index contributed by atoms with van der Waals surface area (Å²) in [6.45, 7) is 0.282. The molecule has 1 amide bonds. The molecule has 1 fully saturated rings. The number of aliphatic imine (C=N–C) groups is 1. The second-order valence-electron chi connectivity index (χ2n) is 7.81. The Morgan fingerprint density at radius 3 is 2.59 bits per heavy atom. The van der Waals surface area contributed by atoms with E-state index in [2.05, 4.69) is 26.5 Å². The minimum absolute atomic E-state index is 0.0587. The zero-order valence-electron chi connectivity index (χ0n) is 18.5. The lowest BCUT2D eigenvalue weighted by Gasteiger charge is -2.17. The topological polar surface area (TPSA) is 86.8 Å². The van der Waals surface area contributed by atoms with Crippen LogP contribution in [-0.4, -0.2) is 25.1 Å². The molecule has 2 atom stereocenters. The Balaban J connectivity index is 1.48. The van der Waals surface area contributed by atoms with E-state index in [4.69, 9.17) is 4.74 Å². The Hall–Kier alpha value is -3.82. The summed E-state index contributed by atoms with van der Waals surface area (Å²) in [4.78, 5) is 17.3. The zero-order chi connectivity index (χ0) is 23.9. The Labute approximate surface area is 196 Å². The van der Waals surface area contributed by atoms with Crippen molar-refractivity contribution in [3.8, 4) is 5.75 Å². The third-order valence-electron chi connectivity index (χ3n) is 5.36. The molecule has 1 heterocycles. The first-order valence-corrected chi connectivity index (χ1v) is 10.8. The van der Waals surface area contributed by atoms with Crippen molar-refractivity contribution in [1.29, 1.82) is 0 Å². The van der Waals surface area contributed by atoms with E-state index in [0.717, 1.165) is 17.2 Å². The molecule has 9 heteroatoms. The molecule has 1 saturated heterocycles. The maximum absolute atomic E-state index is 13.6. The summed E-state index contributed by atoms with van der Waals surface area (Å²) in [6, 6.07) is 19.1. The largest absolute Gasteiger partial charge is 0.497 e. The number of nitrogens with zero attached hydrogens (tertiary/aromatic N) is 1. The van der Waals surface area contributed by atoms with Gasteiger partial charge in [-0.05, 0) is 53.6 Å². The highest BCUT2D eigenvalue weighted by molar-refractivity contribution is 6.05. The number of amides is 1. The van der Waals surface area contributed by atoms with Crippen molar-refractivity contribution >= 4 is 11.9 Å². The highest BCUT2D eigenvalue weighted by Crippen LogP contribution is 2.21. The maximum Gasteiger partial charge on any atom is 0.258 e. The van der Waals surface area contributed by atoms with Gasteiger partial charge in [0.05, 0.1) is 19.8 Å². The monoisotopic (exact) mass is 465 g/mol. The van der Waals surface area contributed by atoms with Gasteiger partial charge in [0.15, 0.2) is 5.96 Å². The minimum Gasteiger partial charge on any atom is -0.497 e. The number of hydrogen-bond acceptors (Lipinski definition) is 5. The minimum atomic E-state index is -0.501. The van der Waals surface area contributed by atoms with Gasteiger partial charge in [0.1, 0.15) is 17.4 Å². The van der Waals surface area contributed by atoms with Crippen LogP contribution >= 0.6 is 0 Å². The molecule has 7 nitrogen and oxygen atoms in total. The number of hydrogen-bond donors (Lipinski definition) is 4. The van der Waals surface area contributed by atoms with Gasteiger partial charge < -0.3 is 10.1 Å². The fraction of sp³-hybridized carbons (Fsp3) is 0.200. The van der Waals surface area contributed by atoms with Crippen molar-refractivity contribution in [2.75, 3.05) is 7.11 Å². The van der Waals surface area contributed by atoms with E-state index >= 15 is 0 Å². The Bertz CT molecular complexity index is 1170. The van der Waals surface area contributed by atoms with E-state index in [1.807, 2.05) is 24.3 Å². The molecular formula is C25H25F2N5O2. The molecule has 176 valence electrons. The first-order chi connectivity index (χ1) is 16.5. The predicted molar refractivity (Wildman–Crippen MR) is 125 cm³/mol. The summed E-state index contributed by atoms with van der Waals surface area (Å²) in [6.07, 6.45) is 0.339. The second kappa shape index (κ2) is 10.9. The number of carbonyl (C=O) groups excluding carboxylic acids is 1. The van der Waals surface area contributed by atoms with Crippen LogP contribution in [0, 0.1) is 11.6 Å². The molecule has 0 spiro atoms. The summed E-state index contributed by atoms with van der Waals surface area (Å²) >= 11 is 0. The van der Waals surface area contributed by atoms with Crippen LogP contribution in [0.5, 0.6) is 5.75 Å². The fourth-order valence-corrected chi connectivity index (χ4v) is 3.60. The summed E-state index contributed by atoms with van der Waals surface area (Å²) < 4.78 is 32.1. The van der Waals surface area contributed by atoms with Gasteiger partial charge in [-0.15, -0.1) is 0 Å². The average Bonchev–Trinajstić information content (AvgIpc) is 3.31. The van der Waals surface area contributed by atoms with Crippen LogP contribution in [0.15, 0.2) is 77.8 Å². The zero-order valence-corrected chi connectivity index (χ0v) is 18.5. The molecule has 0 radical (unpaired) electrons. The average molecular weight is 466 g/mol. The van der Waals surface area contributed by atoms with Crippen LogP contribution in [0.2, 0.25) is 0 Å². The van der Waals surface area contributed by atoms with Crippen molar-refractivity contribution < 1.29 is 18.3 Å². The SMILES string of the molecule is COc1cccc(CN=C(NC(=O)c2cccc(F)c2)NC2CC(c3ccc(F)cc3)NN2)c1. The number of benzene rings is 3. The summed E-state index contributed by atoms with van der Waals surface area (Å²) in [5.41, 5.74) is 8.28. The van der Waals surface area contributed by atoms with Gasteiger partial charge in [0.25, 0.3) is 5.91 Å². The molecule has 0 bridgehead atoms. The molecule has 0 aliphatic carbocycles. The van der Waals surface area contributed by atoms with Crippen LogP contribution in [0.4, 0.5) is 8.78 Å². The van der Waals surface area contributed by atoms with E-state index < -0.39 is 11.7 Å². The van der Waals surface area contributed by atoms with E-state index in [0.29, 0.717) is 12.2 Å². The van der Waals surface area contributed by atoms with Gasteiger partial charge in [-0.2, -0.15) is 0 Å². The number of methoxy groups -OCH3 is 1. The Morgan fingerprint density at radius 1 is 1.03 bits per heavy atom. The van der Waals surface area contributed by atoms with Gasteiger partial charge in [0.2, 0.25) is 0 Å². The first-order valence-electron chi connectivity index (χ1n) is 10.8. The number of hydrazine groups is 1. The van der Waals surface area contributed by atoms with E-state index in [1.165, 1.54) is 30.3 Å². The number of ether oxygens (including phenoxy) is 1. The molecule has 0 saturated carbocycles. The highest BCUT2D eigenvalue weighted by atomic mass is 19.1. The number of carbonyl (C=O) groups is 1. The fourth-order valence-electron chi connectivity index (χ4n) is 3.60. The Morgan fingerprint density at radius 2 is 1.82 bits per heavy atom. The molecule has 1 aliphatic heterocycles. The third-order valence-corrected chi connectivity index (χ3v) is 5.36. The summed E-state index contributed by atoms with van der Waals surface area (Å²) in [7, 11) is 1.59. The maximum atomic E-state index is 13.6. The van der Waals surface area contributed by atoms with Crippen molar-refractivity contribution in [3.63, 3.8) is 0 Å². The van der Waals surface area contributed by atoms with Gasteiger partial charge in [0, 0.05) is 18.0 Å². The van der Waals surface area contributed by atoms with Crippen molar-refractivity contribution in [1.82, 2.24) is 21.5 Å². The number of rotatable bonds is 6. The molecule has 4 N–H and O–H groups in total. The molecule has 34 heavy (non-hydrogen) atoms. The number of guanidine groups is 1. The standard InChI is InChI=1S/C25H25F2N5O2/c1-34-21-7-2-4-16(12-21)15-28-25(30-24(33)18-5-3-6-20(27)13-18)29-23-14-22(31-32-23)17-8-10-19(26)11-9-17/h2-13,22-23,31-32H,14-15H2,1H3,(H2,28,29,30,33). The van der Waals surface area contributed by atoms with E-state index in [1.54, 1.807) is 19.2 Å². The molecular weight excluding hydrogens is 440 g/mol. The lowest BCUT2D eigenvalue weighted by atomic mass is 10.0. The quantitative estimate of drug-likeness (QED) is 0.331. The third kappa shape index (κ3) is 6.15. The molecule has 1 aliphatic rings. The van der Waals surface area contributed by atoms with Gasteiger partial charge in [-0.1, -0.05) is 30.3 Å². The molecule has 2 unspecified atom stereocenters. The van der Waals surface area contributed by atoms with Crippen LogP contribution < -0.4 is 26.2 Å². The van der Waals surface area contributed by atoms with E-state index in [-0.39, 0.29) is 36.1 Å². The van der Waals surface area contributed by atoms with Crippen LogP contribution in [0.1, 0.15) is 33.9 Å². The number of nitrogens with one attached hydrogen (secondary N) is 4. The number of halogens is 2. The van der Waals surface area contributed by atoms with Gasteiger partial charge in [-0.25, -0.2) is 24.6 Å². The summed E-state index contributed by atoms with van der Waals surface area (Å²) in [5.74, 6) is -0.348. The van der Waals surface area contributed by atoms with Crippen molar-refractivity contribution in [3.05, 3.63) is 101 Å². The molecule has 3 aromatic rings. The normalized spacial score (nSPS) is 17.9. The van der Waals surface area contributed by atoms with Crippen molar-refractivity contribution in [2.24, 2.45) is 4.99 Å². The predicted octanol–water partition coefficient (Wildman–Crippen LogP) is 3.41. The van der Waals surface area contributed by atoms with Crippen LogP contribution in [0.25, 0.3) is 0 Å². The molecule has 0 aromatic heterocycles. The highest BCUT2D eigenvalue weighted by Gasteiger charge is 2.26. The second-order valence-corrected chi connectivity index (χ2v) is 7.81. The lowest BCUT2D eigenvalue weighted by Crippen LogP contribution is -2.50. The Kier molecular flexibility index (Phi) is 7.46. The van der Waals surface area contributed by atoms with E-state index in [9.17, 15) is 13.6 Å². The lowest BCUT2D eigenvalue weighted by molar-refractivity contribution is 0.0975. The smallest absolute Gasteiger partial charge is 0.258 e. The van der Waals surface area contributed by atoms with Crippen LogP contribution in [-0.2, 0) is 6.54 Å². The van der Waals surface area contributed by atoms with Gasteiger partial charge >= 0.3 is 0 Å². The summed E-state index contributed by atoms with van der Waals surface area (Å²) in [5, 5.41) is 5.92. The van der Waals surface area contributed by atoms with Crippen LogP contribution in [0.3, 0.4) is 0 Å². The molecule has 3 aromatic carbocycles. The molecule has 4 rings (SSSR count).